The zero-order chi connectivity index (χ0) is 14.1. The van der Waals surface area contributed by atoms with E-state index in [-0.39, 0.29) is 5.63 Å². The van der Waals surface area contributed by atoms with Gasteiger partial charge in [-0.1, -0.05) is 24.3 Å². The molecule has 2 aromatic carbocycles. The standard InChI is InChI=1S/C17H17NO2/c1-3-18(4-2)15-10-14-9-12-7-5-6-8-13(12)11-16(14)20-17(15)19/h5-11H,3-4H2,1-2H3. The van der Waals surface area contributed by atoms with Crippen molar-refractivity contribution in [1.82, 2.24) is 0 Å². The van der Waals surface area contributed by atoms with Gasteiger partial charge < -0.3 is 9.32 Å². The molecule has 3 nitrogen and oxygen atoms in total. The molecular formula is C17H17NO2. The summed E-state index contributed by atoms with van der Waals surface area (Å²) in [6.07, 6.45) is 0. The molecule has 0 aliphatic carbocycles. The average Bonchev–Trinajstić information content (AvgIpc) is 2.47. The van der Waals surface area contributed by atoms with E-state index >= 15 is 0 Å². The number of hydrogen-bond donors (Lipinski definition) is 0. The molecule has 3 heteroatoms. The highest BCUT2D eigenvalue weighted by atomic mass is 16.4. The molecule has 0 aliphatic heterocycles. The molecule has 3 rings (SSSR count). The first kappa shape index (κ1) is 12.7. The predicted octanol–water partition coefficient (Wildman–Crippen LogP) is 3.79. The second-order valence-corrected chi connectivity index (χ2v) is 4.83. The third-order valence-electron chi connectivity index (χ3n) is 3.69. The zero-order valence-electron chi connectivity index (χ0n) is 11.7. The van der Waals surface area contributed by atoms with Crippen molar-refractivity contribution in [3.8, 4) is 0 Å². The fraction of sp³-hybridized carbons (Fsp3) is 0.235. The van der Waals surface area contributed by atoms with E-state index in [1.807, 2.05) is 49.1 Å². The summed E-state index contributed by atoms with van der Waals surface area (Å²) in [6.45, 7) is 5.65. The highest BCUT2D eigenvalue weighted by molar-refractivity contribution is 5.96. The number of fused-ring (bicyclic) bond motifs is 2. The second-order valence-electron chi connectivity index (χ2n) is 4.83. The molecule has 3 aromatic rings. The minimum atomic E-state index is -0.267. The lowest BCUT2D eigenvalue weighted by atomic mass is 10.1. The first-order chi connectivity index (χ1) is 9.72. The van der Waals surface area contributed by atoms with Crippen LogP contribution in [0.4, 0.5) is 5.69 Å². The summed E-state index contributed by atoms with van der Waals surface area (Å²) in [5.74, 6) is 0. The summed E-state index contributed by atoms with van der Waals surface area (Å²) in [5, 5.41) is 3.20. The van der Waals surface area contributed by atoms with Crippen molar-refractivity contribution in [2.45, 2.75) is 13.8 Å². The van der Waals surface area contributed by atoms with E-state index in [1.165, 1.54) is 0 Å². The molecule has 102 valence electrons. The van der Waals surface area contributed by atoms with Gasteiger partial charge in [-0.05, 0) is 42.8 Å². The topological polar surface area (TPSA) is 33.5 Å². The van der Waals surface area contributed by atoms with E-state index < -0.39 is 0 Å². The Morgan fingerprint density at radius 3 is 2.25 bits per heavy atom. The molecule has 0 N–H and O–H groups in total. The maximum absolute atomic E-state index is 12.1. The molecule has 1 heterocycles. The molecule has 0 radical (unpaired) electrons. The Hall–Kier alpha value is -2.29. The van der Waals surface area contributed by atoms with E-state index in [1.54, 1.807) is 0 Å². The highest BCUT2D eigenvalue weighted by Crippen LogP contribution is 2.24. The van der Waals surface area contributed by atoms with Crippen LogP contribution < -0.4 is 10.5 Å². The van der Waals surface area contributed by atoms with Crippen molar-refractivity contribution >= 4 is 27.4 Å². The monoisotopic (exact) mass is 267 g/mol. The van der Waals surface area contributed by atoms with Crippen molar-refractivity contribution in [3.05, 3.63) is 52.9 Å². The van der Waals surface area contributed by atoms with Gasteiger partial charge in [-0.2, -0.15) is 0 Å². The fourth-order valence-electron chi connectivity index (χ4n) is 2.58. The van der Waals surface area contributed by atoms with Crippen LogP contribution in [-0.4, -0.2) is 13.1 Å². The smallest absolute Gasteiger partial charge is 0.360 e. The van der Waals surface area contributed by atoms with Crippen LogP contribution in [0.25, 0.3) is 21.7 Å². The van der Waals surface area contributed by atoms with E-state index in [0.717, 1.165) is 29.2 Å². The van der Waals surface area contributed by atoms with Crippen LogP contribution in [0.2, 0.25) is 0 Å². The molecule has 0 bridgehead atoms. The van der Waals surface area contributed by atoms with E-state index in [0.29, 0.717) is 11.3 Å². The normalized spacial score (nSPS) is 11.1. The molecule has 0 spiro atoms. The zero-order valence-corrected chi connectivity index (χ0v) is 11.7. The van der Waals surface area contributed by atoms with Crippen molar-refractivity contribution in [1.29, 1.82) is 0 Å². The third-order valence-corrected chi connectivity index (χ3v) is 3.69. The molecule has 0 aliphatic rings. The van der Waals surface area contributed by atoms with E-state index in [4.69, 9.17) is 4.42 Å². The van der Waals surface area contributed by atoms with E-state index in [9.17, 15) is 4.79 Å². The molecule has 0 saturated carbocycles. The molecule has 0 atom stereocenters. The second kappa shape index (κ2) is 5.00. The van der Waals surface area contributed by atoms with Crippen molar-refractivity contribution in [2.24, 2.45) is 0 Å². The van der Waals surface area contributed by atoms with Gasteiger partial charge in [0.2, 0.25) is 0 Å². The number of rotatable bonds is 3. The van der Waals surface area contributed by atoms with Crippen molar-refractivity contribution in [3.63, 3.8) is 0 Å². The van der Waals surface area contributed by atoms with Gasteiger partial charge >= 0.3 is 5.63 Å². The Kier molecular flexibility index (Phi) is 3.18. The van der Waals surface area contributed by atoms with Crippen LogP contribution in [0.3, 0.4) is 0 Å². The fourth-order valence-corrected chi connectivity index (χ4v) is 2.58. The SMILES string of the molecule is CCN(CC)c1cc2cc3ccccc3cc2oc1=O. The number of hydrogen-bond acceptors (Lipinski definition) is 3. The molecule has 1 aromatic heterocycles. The lowest BCUT2D eigenvalue weighted by Gasteiger charge is -2.19. The van der Waals surface area contributed by atoms with Crippen LogP contribution >= 0.6 is 0 Å². The van der Waals surface area contributed by atoms with Gasteiger partial charge in [0.15, 0.2) is 0 Å². The summed E-state index contributed by atoms with van der Waals surface area (Å²) >= 11 is 0. The molecular weight excluding hydrogens is 250 g/mol. The minimum Gasteiger partial charge on any atom is -0.421 e. The lowest BCUT2D eigenvalue weighted by Crippen LogP contribution is -2.27. The summed E-state index contributed by atoms with van der Waals surface area (Å²) in [7, 11) is 0. The van der Waals surface area contributed by atoms with Crippen molar-refractivity contribution in [2.75, 3.05) is 18.0 Å². The maximum atomic E-state index is 12.1. The molecule has 0 amide bonds. The maximum Gasteiger partial charge on any atom is 0.360 e. The van der Waals surface area contributed by atoms with Crippen LogP contribution in [-0.2, 0) is 0 Å². The first-order valence-electron chi connectivity index (χ1n) is 6.94. The highest BCUT2D eigenvalue weighted by Gasteiger charge is 2.11. The van der Waals surface area contributed by atoms with Gasteiger partial charge in [-0.3, -0.25) is 0 Å². The van der Waals surface area contributed by atoms with Gasteiger partial charge in [0, 0.05) is 18.5 Å². The number of benzene rings is 2. The van der Waals surface area contributed by atoms with Gasteiger partial charge in [-0.15, -0.1) is 0 Å². The predicted molar refractivity (Wildman–Crippen MR) is 83.6 cm³/mol. The number of anilines is 1. The first-order valence-corrected chi connectivity index (χ1v) is 6.94. The van der Waals surface area contributed by atoms with E-state index in [2.05, 4.69) is 12.1 Å². The Morgan fingerprint density at radius 1 is 0.950 bits per heavy atom. The Labute approximate surface area is 117 Å². The minimum absolute atomic E-state index is 0.267. The van der Waals surface area contributed by atoms with Gasteiger partial charge in [0.25, 0.3) is 0 Å². The Balaban J connectivity index is 2.28. The lowest BCUT2D eigenvalue weighted by molar-refractivity contribution is 0.558. The van der Waals surface area contributed by atoms with Crippen molar-refractivity contribution < 1.29 is 4.42 Å². The molecule has 20 heavy (non-hydrogen) atoms. The van der Waals surface area contributed by atoms with Gasteiger partial charge in [-0.25, -0.2) is 4.79 Å². The van der Waals surface area contributed by atoms with Crippen LogP contribution in [0.5, 0.6) is 0 Å². The summed E-state index contributed by atoms with van der Waals surface area (Å²) in [4.78, 5) is 14.1. The Bertz CT molecular complexity index is 816. The molecule has 0 saturated heterocycles. The van der Waals surface area contributed by atoms with Gasteiger partial charge in [0.1, 0.15) is 11.3 Å². The summed E-state index contributed by atoms with van der Waals surface area (Å²) in [6, 6.07) is 14.0. The molecule has 0 fully saturated rings. The molecule has 0 unspecified atom stereocenters. The van der Waals surface area contributed by atoms with Crippen LogP contribution in [0, 0.1) is 0 Å². The summed E-state index contributed by atoms with van der Waals surface area (Å²) in [5.41, 5.74) is 1.01. The quantitative estimate of drug-likeness (QED) is 0.534. The average molecular weight is 267 g/mol. The largest absolute Gasteiger partial charge is 0.421 e. The van der Waals surface area contributed by atoms with Crippen LogP contribution in [0.1, 0.15) is 13.8 Å². The Morgan fingerprint density at radius 2 is 1.60 bits per heavy atom. The van der Waals surface area contributed by atoms with Gasteiger partial charge in [0.05, 0.1) is 0 Å². The number of nitrogens with zero attached hydrogens (tertiary/aromatic N) is 1. The summed E-state index contributed by atoms with van der Waals surface area (Å²) < 4.78 is 5.49. The third kappa shape index (κ3) is 2.05. The van der Waals surface area contributed by atoms with Crippen LogP contribution in [0.15, 0.2) is 51.7 Å².